The second-order valence-corrected chi connectivity index (χ2v) is 16.2. The first-order chi connectivity index (χ1) is 29.0. The number of anilines is 3. The topological polar surface area (TPSA) is 8.17 Å². The Morgan fingerprint density at radius 3 is 1.58 bits per heavy atom. The van der Waals surface area contributed by atoms with Crippen LogP contribution < -0.4 is 4.90 Å². The molecule has 2 nitrogen and oxygen atoms in total. The van der Waals surface area contributed by atoms with E-state index in [9.17, 15) is 0 Å². The Labute approximate surface area is 345 Å². The minimum absolute atomic E-state index is 0.105. The van der Waals surface area contributed by atoms with Crippen molar-refractivity contribution in [3.05, 3.63) is 230 Å². The summed E-state index contributed by atoms with van der Waals surface area (Å²) in [6.45, 7) is 4.71. The second kappa shape index (κ2) is 13.9. The second-order valence-electron chi connectivity index (χ2n) is 16.2. The number of fused-ring (bicyclic) bond motifs is 6. The van der Waals surface area contributed by atoms with Crippen molar-refractivity contribution in [3.8, 4) is 50.2 Å². The SMILES string of the molecule is CC1(C)c2ccccc2-c2ccc(N(c3ccc(-c4ccccc4)cc3)c3cccc(-c4cccc(-c5cccc(-n6c7ccccc7c7ccccc76)c5)c4)c3)cc21. The molecule has 0 fully saturated rings. The Hall–Kier alpha value is -7.42. The van der Waals surface area contributed by atoms with E-state index in [1.165, 1.54) is 77.4 Å². The van der Waals surface area contributed by atoms with E-state index in [1.54, 1.807) is 0 Å². The molecule has 11 rings (SSSR count). The molecule has 1 aliphatic carbocycles. The van der Waals surface area contributed by atoms with Crippen molar-refractivity contribution < 1.29 is 0 Å². The molecule has 0 radical (unpaired) electrons. The summed E-state index contributed by atoms with van der Waals surface area (Å²) >= 11 is 0. The van der Waals surface area contributed by atoms with Crippen molar-refractivity contribution in [2.45, 2.75) is 19.3 Å². The maximum absolute atomic E-state index is 2.41. The monoisotopic (exact) mass is 754 g/mol. The van der Waals surface area contributed by atoms with Gasteiger partial charge in [-0.1, -0.05) is 166 Å². The van der Waals surface area contributed by atoms with E-state index < -0.39 is 0 Å². The van der Waals surface area contributed by atoms with Gasteiger partial charge in [-0.3, -0.25) is 0 Å². The van der Waals surface area contributed by atoms with Gasteiger partial charge in [-0.25, -0.2) is 0 Å². The number of rotatable bonds is 7. The molecule has 0 aliphatic heterocycles. The molecule has 1 aromatic heterocycles. The van der Waals surface area contributed by atoms with Gasteiger partial charge >= 0.3 is 0 Å². The van der Waals surface area contributed by atoms with E-state index in [1.807, 2.05) is 0 Å². The van der Waals surface area contributed by atoms with Gasteiger partial charge < -0.3 is 9.47 Å². The van der Waals surface area contributed by atoms with Gasteiger partial charge in [0, 0.05) is 38.9 Å². The lowest BCUT2D eigenvalue weighted by Gasteiger charge is -2.28. The zero-order chi connectivity index (χ0) is 39.5. The van der Waals surface area contributed by atoms with Crippen LogP contribution in [0.2, 0.25) is 0 Å². The van der Waals surface area contributed by atoms with Crippen molar-refractivity contribution in [2.75, 3.05) is 4.90 Å². The van der Waals surface area contributed by atoms with Gasteiger partial charge in [0.05, 0.1) is 11.0 Å². The van der Waals surface area contributed by atoms with E-state index >= 15 is 0 Å². The number of para-hydroxylation sites is 2. The first kappa shape index (κ1) is 34.8. The van der Waals surface area contributed by atoms with Crippen LogP contribution in [0.5, 0.6) is 0 Å². The number of aromatic nitrogens is 1. The number of benzene rings is 9. The Morgan fingerprint density at radius 2 is 0.847 bits per heavy atom. The molecule has 0 atom stereocenters. The molecule has 0 saturated carbocycles. The smallest absolute Gasteiger partial charge is 0.0541 e. The first-order valence-corrected chi connectivity index (χ1v) is 20.5. The van der Waals surface area contributed by atoms with E-state index in [0.29, 0.717) is 0 Å². The fraction of sp³-hybridized carbons (Fsp3) is 0.0526. The predicted molar refractivity (Wildman–Crippen MR) is 249 cm³/mol. The first-order valence-electron chi connectivity index (χ1n) is 20.5. The minimum atomic E-state index is -0.105. The summed E-state index contributed by atoms with van der Waals surface area (Å²) in [7, 11) is 0. The minimum Gasteiger partial charge on any atom is -0.310 e. The Balaban J connectivity index is 0.996. The molecule has 0 unspecified atom stereocenters. The lowest BCUT2D eigenvalue weighted by molar-refractivity contribution is 0.660. The van der Waals surface area contributed by atoms with E-state index in [4.69, 9.17) is 0 Å². The molecular weight excluding hydrogens is 713 g/mol. The van der Waals surface area contributed by atoms with Crippen LogP contribution in [-0.4, -0.2) is 4.57 Å². The van der Waals surface area contributed by atoms with Gasteiger partial charge in [-0.2, -0.15) is 0 Å². The van der Waals surface area contributed by atoms with Crippen LogP contribution in [0.1, 0.15) is 25.0 Å². The fourth-order valence-corrected chi connectivity index (χ4v) is 9.44. The highest BCUT2D eigenvalue weighted by Gasteiger charge is 2.35. The van der Waals surface area contributed by atoms with Crippen molar-refractivity contribution in [3.63, 3.8) is 0 Å². The molecule has 59 heavy (non-hydrogen) atoms. The van der Waals surface area contributed by atoms with Crippen LogP contribution in [0.25, 0.3) is 72.0 Å². The maximum Gasteiger partial charge on any atom is 0.0541 e. The summed E-state index contributed by atoms with van der Waals surface area (Å²) in [5, 5.41) is 2.54. The predicted octanol–water partition coefficient (Wildman–Crippen LogP) is 15.6. The lowest BCUT2D eigenvalue weighted by atomic mass is 9.82. The Kier molecular flexibility index (Phi) is 8.20. The average Bonchev–Trinajstić information content (AvgIpc) is 3.75. The van der Waals surface area contributed by atoms with Gasteiger partial charge in [0.25, 0.3) is 0 Å². The highest BCUT2D eigenvalue weighted by molar-refractivity contribution is 6.09. The van der Waals surface area contributed by atoms with Crippen LogP contribution in [0.15, 0.2) is 218 Å². The number of hydrogen-bond donors (Lipinski definition) is 0. The molecule has 0 amide bonds. The third-order valence-corrected chi connectivity index (χ3v) is 12.4. The summed E-state index contributed by atoms with van der Waals surface area (Å²) in [6, 6.07) is 79.8. The van der Waals surface area contributed by atoms with Crippen molar-refractivity contribution in [2.24, 2.45) is 0 Å². The molecule has 9 aromatic carbocycles. The van der Waals surface area contributed by atoms with Gasteiger partial charge in [0.15, 0.2) is 0 Å². The quantitative estimate of drug-likeness (QED) is 0.157. The summed E-state index contributed by atoms with van der Waals surface area (Å²) < 4.78 is 2.39. The van der Waals surface area contributed by atoms with E-state index in [0.717, 1.165) is 22.7 Å². The molecule has 0 saturated heterocycles. The summed E-state index contributed by atoms with van der Waals surface area (Å²) in [4.78, 5) is 2.41. The third-order valence-electron chi connectivity index (χ3n) is 12.4. The van der Waals surface area contributed by atoms with Crippen LogP contribution in [0, 0.1) is 0 Å². The molecule has 1 aliphatic rings. The number of hydrogen-bond acceptors (Lipinski definition) is 1. The summed E-state index contributed by atoms with van der Waals surface area (Å²) in [5.74, 6) is 0. The van der Waals surface area contributed by atoms with Crippen LogP contribution in [0.4, 0.5) is 17.1 Å². The lowest BCUT2D eigenvalue weighted by Crippen LogP contribution is -2.16. The van der Waals surface area contributed by atoms with Crippen molar-refractivity contribution in [1.82, 2.24) is 4.57 Å². The normalized spacial score (nSPS) is 12.7. The largest absolute Gasteiger partial charge is 0.310 e. The zero-order valence-electron chi connectivity index (χ0n) is 33.2. The highest BCUT2D eigenvalue weighted by atomic mass is 15.1. The Bertz CT molecular complexity index is 3130. The summed E-state index contributed by atoms with van der Waals surface area (Å²) in [5.41, 5.74) is 19.4. The molecule has 0 bridgehead atoms. The van der Waals surface area contributed by atoms with Gasteiger partial charge in [-0.15, -0.1) is 0 Å². The van der Waals surface area contributed by atoms with Gasteiger partial charge in [0.1, 0.15) is 0 Å². The molecule has 1 heterocycles. The van der Waals surface area contributed by atoms with Crippen LogP contribution in [0.3, 0.4) is 0 Å². The summed E-state index contributed by atoms with van der Waals surface area (Å²) in [6.07, 6.45) is 0. The molecular formula is C57H42N2. The van der Waals surface area contributed by atoms with Gasteiger partial charge in [-0.05, 0) is 122 Å². The van der Waals surface area contributed by atoms with Crippen LogP contribution in [-0.2, 0) is 5.41 Å². The van der Waals surface area contributed by atoms with E-state index in [-0.39, 0.29) is 5.41 Å². The highest BCUT2D eigenvalue weighted by Crippen LogP contribution is 2.51. The molecule has 0 N–H and O–H groups in total. The maximum atomic E-state index is 2.41. The average molecular weight is 755 g/mol. The van der Waals surface area contributed by atoms with Crippen molar-refractivity contribution in [1.29, 1.82) is 0 Å². The van der Waals surface area contributed by atoms with E-state index in [2.05, 4.69) is 242 Å². The molecule has 280 valence electrons. The van der Waals surface area contributed by atoms with Gasteiger partial charge in [0.2, 0.25) is 0 Å². The standard InChI is InChI=1S/C57H42N2/c1-57(2)53-26-9-6-23-49(53)50-34-33-48(38-54(50)57)58(45-31-29-40(30-32-45)39-15-4-3-5-16-39)46-21-13-19-43(36-46)41-17-12-18-42(35-41)44-20-14-22-47(37-44)59-55-27-10-7-24-51(55)52-25-8-11-28-56(52)59/h3-38H,1-2H3. The van der Waals surface area contributed by atoms with Crippen molar-refractivity contribution >= 4 is 38.9 Å². The fourth-order valence-electron chi connectivity index (χ4n) is 9.44. The molecule has 2 heteroatoms. The van der Waals surface area contributed by atoms with Crippen LogP contribution >= 0.6 is 0 Å². The Morgan fingerprint density at radius 1 is 0.339 bits per heavy atom. The molecule has 0 spiro atoms. The number of nitrogens with zero attached hydrogens (tertiary/aromatic N) is 2. The molecule has 10 aromatic rings. The zero-order valence-corrected chi connectivity index (χ0v) is 33.2. The third kappa shape index (κ3) is 5.87.